The van der Waals surface area contributed by atoms with Crippen molar-refractivity contribution in [3.63, 3.8) is 0 Å². The Labute approximate surface area is 148 Å². The summed E-state index contributed by atoms with van der Waals surface area (Å²) in [6.07, 6.45) is 6.74. The summed E-state index contributed by atoms with van der Waals surface area (Å²) in [5.74, 6) is 0.723. The fraction of sp³-hybridized carbons (Fsp3) is 0.500. The molecule has 1 fully saturated rings. The minimum atomic E-state index is -0.409. The van der Waals surface area contributed by atoms with E-state index < -0.39 is 5.41 Å². The molecule has 0 spiro atoms. The zero-order valence-electron chi connectivity index (χ0n) is 14.8. The maximum Gasteiger partial charge on any atom is 0.231 e. The van der Waals surface area contributed by atoms with E-state index in [1.807, 2.05) is 26.2 Å². The molecular formula is C20H26N2OS. The van der Waals surface area contributed by atoms with Crippen LogP contribution in [-0.2, 0) is 4.79 Å². The standard InChI is InChI=1S/C20H26N2OS/c1-20(2,3)18(23)22-19-21-17(13-24-19)16-11-9-15(10-12-16)14-7-5-4-6-8-14/h9-14H,4-8H2,1-3H3,(H,21,22,23). The van der Waals surface area contributed by atoms with Crippen LogP contribution in [0.15, 0.2) is 29.6 Å². The van der Waals surface area contributed by atoms with Crippen LogP contribution in [0.4, 0.5) is 5.13 Å². The van der Waals surface area contributed by atoms with E-state index in [0.717, 1.165) is 17.2 Å². The normalized spacial score (nSPS) is 16.1. The number of benzene rings is 1. The Balaban J connectivity index is 1.70. The fourth-order valence-electron chi connectivity index (χ4n) is 3.11. The number of nitrogens with zero attached hydrogens (tertiary/aromatic N) is 1. The number of rotatable bonds is 3. The van der Waals surface area contributed by atoms with Gasteiger partial charge in [0.1, 0.15) is 0 Å². The second-order valence-electron chi connectivity index (χ2n) is 7.70. The quantitative estimate of drug-likeness (QED) is 0.761. The molecule has 4 heteroatoms. The number of thiazole rings is 1. The largest absolute Gasteiger partial charge is 0.302 e. The van der Waals surface area contributed by atoms with Crippen molar-refractivity contribution >= 4 is 22.4 Å². The van der Waals surface area contributed by atoms with E-state index in [-0.39, 0.29) is 5.91 Å². The first-order valence-electron chi connectivity index (χ1n) is 8.81. The molecule has 0 unspecified atom stereocenters. The van der Waals surface area contributed by atoms with Gasteiger partial charge in [0.05, 0.1) is 5.69 Å². The average Bonchev–Trinajstić information content (AvgIpc) is 3.03. The molecule has 24 heavy (non-hydrogen) atoms. The van der Waals surface area contributed by atoms with Gasteiger partial charge in [-0.15, -0.1) is 11.3 Å². The second kappa shape index (κ2) is 7.06. The third-order valence-corrected chi connectivity index (χ3v) is 5.45. The molecule has 1 aromatic heterocycles. The lowest BCUT2D eigenvalue weighted by atomic mass is 9.84. The molecule has 1 heterocycles. The molecule has 0 atom stereocenters. The lowest BCUT2D eigenvalue weighted by Crippen LogP contribution is -2.27. The van der Waals surface area contributed by atoms with Crippen molar-refractivity contribution in [3.8, 4) is 11.3 Å². The fourth-order valence-corrected chi connectivity index (χ4v) is 3.83. The third-order valence-electron chi connectivity index (χ3n) is 4.69. The first kappa shape index (κ1) is 17.2. The topological polar surface area (TPSA) is 42.0 Å². The van der Waals surface area contributed by atoms with Gasteiger partial charge in [-0.1, -0.05) is 64.3 Å². The number of nitrogens with one attached hydrogen (secondary N) is 1. The van der Waals surface area contributed by atoms with Gasteiger partial charge in [-0.2, -0.15) is 0 Å². The SMILES string of the molecule is CC(C)(C)C(=O)Nc1nc(-c2ccc(C3CCCCC3)cc2)cs1. The number of carbonyl (C=O) groups is 1. The molecule has 1 saturated carbocycles. The molecule has 0 saturated heterocycles. The van der Waals surface area contributed by atoms with E-state index in [2.05, 4.69) is 34.6 Å². The van der Waals surface area contributed by atoms with Crippen LogP contribution in [0.3, 0.4) is 0 Å². The summed E-state index contributed by atoms with van der Waals surface area (Å²) < 4.78 is 0. The average molecular weight is 343 g/mol. The van der Waals surface area contributed by atoms with Gasteiger partial charge in [-0.3, -0.25) is 4.79 Å². The summed E-state index contributed by atoms with van der Waals surface area (Å²) in [5.41, 5.74) is 3.09. The van der Waals surface area contributed by atoms with Crippen LogP contribution < -0.4 is 5.32 Å². The van der Waals surface area contributed by atoms with E-state index in [0.29, 0.717) is 5.13 Å². The van der Waals surface area contributed by atoms with Gasteiger partial charge < -0.3 is 5.32 Å². The molecular weight excluding hydrogens is 316 g/mol. The van der Waals surface area contributed by atoms with E-state index in [1.54, 1.807) is 0 Å². The predicted octanol–water partition coefficient (Wildman–Crippen LogP) is 5.84. The minimum Gasteiger partial charge on any atom is -0.302 e. The molecule has 1 aliphatic rings. The molecule has 1 amide bonds. The zero-order valence-corrected chi connectivity index (χ0v) is 15.6. The van der Waals surface area contributed by atoms with Crippen molar-refractivity contribution in [3.05, 3.63) is 35.2 Å². The van der Waals surface area contributed by atoms with Gasteiger partial charge in [0.25, 0.3) is 0 Å². The lowest BCUT2D eigenvalue weighted by Gasteiger charge is -2.22. The Morgan fingerprint density at radius 1 is 1.12 bits per heavy atom. The summed E-state index contributed by atoms with van der Waals surface area (Å²) in [4.78, 5) is 16.6. The molecule has 1 aromatic carbocycles. The van der Waals surface area contributed by atoms with Crippen molar-refractivity contribution in [2.45, 2.75) is 58.8 Å². The van der Waals surface area contributed by atoms with E-state index in [9.17, 15) is 4.79 Å². The highest BCUT2D eigenvalue weighted by Crippen LogP contribution is 2.34. The van der Waals surface area contributed by atoms with Crippen LogP contribution in [-0.4, -0.2) is 10.9 Å². The molecule has 3 nitrogen and oxygen atoms in total. The highest BCUT2D eigenvalue weighted by Gasteiger charge is 2.22. The minimum absolute atomic E-state index is 0.00366. The van der Waals surface area contributed by atoms with Crippen molar-refractivity contribution in [1.82, 2.24) is 4.98 Å². The van der Waals surface area contributed by atoms with Crippen LogP contribution in [0.5, 0.6) is 0 Å². The predicted molar refractivity (Wildman–Crippen MR) is 101 cm³/mol. The van der Waals surface area contributed by atoms with Crippen molar-refractivity contribution in [1.29, 1.82) is 0 Å². The molecule has 0 aliphatic heterocycles. The van der Waals surface area contributed by atoms with Gasteiger partial charge in [-0.05, 0) is 24.3 Å². The highest BCUT2D eigenvalue weighted by atomic mass is 32.1. The Morgan fingerprint density at radius 3 is 2.42 bits per heavy atom. The first-order valence-corrected chi connectivity index (χ1v) is 9.69. The summed E-state index contributed by atoms with van der Waals surface area (Å²) >= 11 is 1.48. The molecule has 2 aromatic rings. The van der Waals surface area contributed by atoms with Gasteiger partial charge in [0.2, 0.25) is 5.91 Å². The Hall–Kier alpha value is -1.68. The summed E-state index contributed by atoms with van der Waals surface area (Å²) in [6.45, 7) is 5.71. The number of aromatic nitrogens is 1. The van der Waals surface area contributed by atoms with Crippen LogP contribution in [0, 0.1) is 5.41 Å². The molecule has 3 rings (SSSR count). The van der Waals surface area contributed by atoms with Gasteiger partial charge in [-0.25, -0.2) is 4.98 Å². The Bertz CT molecular complexity index is 691. The van der Waals surface area contributed by atoms with Gasteiger partial charge >= 0.3 is 0 Å². The van der Waals surface area contributed by atoms with Crippen LogP contribution in [0.1, 0.15) is 64.4 Å². The molecule has 1 N–H and O–H groups in total. The van der Waals surface area contributed by atoms with Crippen molar-refractivity contribution < 1.29 is 4.79 Å². The van der Waals surface area contributed by atoms with Crippen molar-refractivity contribution in [2.24, 2.45) is 5.41 Å². The summed E-state index contributed by atoms with van der Waals surface area (Å²) in [5, 5.41) is 5.58. The Morgan fingerprint density at radius 2 is 1.79 bits per heavy atom. The number of amides is 1. The second-order valence-corrected chi connectivity index (χ2v) is 8.56. The van der Waals surface area contributed by atoms with E-state index in [4.69, 9.17) is 0 Å². The van der Waals surface area contributed by atoms with Crippen molar-refractivity contribution in [2.75, 3.05) is 5.32 Å². The number of hydrogen-bond donors (Lipinski definition) is 1. The van der Waals surface area contributed by atoms with Crippen LogP contribution >= 0.6 is 11.3 Å². The smallest absolute Gasteiger partial charge is 0.231 e. The van der Waals surface area contributed by atoms with E-state index in [1.165, 1.54) is 49.0 Å². The number of carbonyl (C=O) groups excluding carboxylic acids is 1. The molecule has 1 aliphatic carbocycles. The summed E-state index contributed by atoms with van der Waals surface area (Å²) in [6, 6.07) is 8.82. The lowest BCUT2D eigenvalue weighted by molar-refractivity contribution is -0.123. The zero-order chi connectivity index (χ0) is 17.2. The molecule has 0 radical (unpaired) electrons. The number of anilines is 1. The van der Waals surface area contributed by atoms with Crippen LogP contribution in [0.25, 0.3) is 11.3 Å². The Kier molecular flexibility index (Phi) is 5.04. The van der Waals surface area contributed by atoms with Crippen LogP contribution in [0.2, 0.25) is 0 Å². The van der Waals surface area contributed by atoms with Gasteiger partial charge in [0, 0.05) is 16.4 Å². The van der Waals surface area contributed by atoms with Gasteiger partial charge in [0.15, 0.2) is 5.13 Å². The van der Waals surface area contributed by atoms with E-state index >= 15 is 0 Å². The molecule has 128 valence electrons. The highest BCUT2D eigenvalue weighted by molar-refractivity contribution is 7.14. The third kappa shape index (κ3) is 4.04. The maximum atomic E-state index is 12.1. The molecule has 0 bridgehead atoms. The number of hydrogen-bond acceptors (Lipinski definition) is 3. The summed E-state index contributed by atoms with van der Waals surface area (Å²) in [7, 11) is 0. The maximum absolute atomic E-state index is 12.1. The first-order chi connectivity index (χ1) is 11.4. The monoisotopic (exact) mass is 342 g/mol.